The maximum atomic E-state index is 10.7. The van der Waals surface area contributed by atoms with Crippen LogP contribution in [0, 0.1) is 10.1 Å². The molecule has 2 aromatic carbocycles. The number of non-ortho nitro benzene ring substituents is 1. The molecule has 0 amide bonds. The third kappa shape index (κ3) is 1.72. The second-order valence-electron chi connectivity index (χ2n) is 5.31. The third-order valence-electron chi connectivity index (χ3n) is 4.06. The minimum Gasteiger partial charge on any atom is -0.329 e. The molecular weight excluding hydrogens is 278 g/mol. The molecule has 4 aromatic rings. The lowest BCUT2D eigenvalue weighted by Crippen LogP contribution is -1.87. The Morgan fingerprint density at radius 3 is 2.32 bits per heavy atom. The molecule has 0 saturated carbocycles. The van der Waals surface area contributed by atoms with Crippen molar-refractivity contribution in [1.82, 2.24) is 8.97 Å². The fourth-order valence-corrected chi connectivity index (χ4v) is 2.91. The van der Waals surface area contributed by atoms with Crippen molar-refractivity contribution in [3.63, 3.8) is 0 Å². The number of nitro benzene ring substituents is 1. The minimum absolute atomic E-state index is 0.109. The van der Waals surface area contributed by atoms with E-state index in [1.807, 2.05) is 19.2 Å². The van der Waals surface area contributed by atoms with Gasteiger partial charge in [0.15, 0.2) is 0 Å². The first-order valence-electron chi connectivity index (χ1n) is 6.95. The van der Waals surface area contributed by atoms with E-state index in [9.17, 15) is 10.1 Å². The topological polar surface area (TPSA) is 52.5 Å². The summed E-state index contributed by atoms with van der Waals surface area (Å²) in [5.41, 5.74) is 5.54. The van der Waals surface area contributed by atoms with Crippen LogP contribution in [0.2, 0.25) is 0 Å². The molecule has 0 atom stereocenters. The standard InChI is InChI=1S/C17H13N3O2/c1-18-15-4-2-3-5-16(15)19-11-13(10-17(18)19)12-6-8-14(9-7-12)20(21)22/h2-11H,1H3. The average Bonchev–Trinajstić information content (AvgIpc) is 3.08. The molecule has 0 unspecified atom stereocenters. The van der Waals surface area contributed by atoms with Gasteiger partial charge < -0.3 is 8.97 Å². The van der Waals surface area contributed by atoms with E-state index in [2.05, 4.69) is 33.4 Å². The fraction of sp³-hybridized carbons (Fsp3) is 0.0588. The number of fused-ring (bicyclic) bond motifs is 3. The van der Waals surface area contributed by atoms with Crippen molar-refractivity contribution in [2.45, 2.75) is 0 Å². The molecule has 0 aliphatic rings. The molecule has 0 aliphatic carbocycles. The number of rotatable bonds is 2. The van der Waals surface area contributed by atoms with Crippen LogP contribution in [0.3, 0.4) is 0 Å². The third-order valence-corrected chi connectivity index (χ3v) is 4.06. The molecule has 0 fully saturated rings. The van der Waals surface area contributed by atoms with Crippen LogP contribution in [0.15, 0.2) is 60.8 Å². The highest BCUT2D eigenvalue weighted by atomic mass is 16.6. The Morgan fingerprint density at radius 2 is 1.64 bits per heavy atom. The number of para-hydroxylation sites is 2. The van der Waals surface area contributed by atoms with Crippen LogP contribution >= 0.6 is 0 Å². The summed E-state index contributed by atoms with van der Waals surface area (Å²) in [4.78, 5) is 10.4. The van der Waals surface area contributed by atoms with Gasteiger partial charge in [-0.1, -0.05) is 12.1 Å². The van der Waals surface area contributed by atoms with Crippen LogP contribution in [0.25, 0.3) is 27.8 Å². The molecule has 5 nitrogen and oxygen atoms in total. The van der Waals surface area contributed by atoms with Crippen molar-refractivity contribution in [3.8, 4) is 11.1 Å². The lowest BCUT2D eigenvalue weighted by Gasteiger charge is -1.98. The fourth-order valence-electron chi connectivity index (χ4n) is 2.91. The van der Waals surface area contributed by atoms with Crippen molar-refractivity contribution in [3.05, 3.63) is 70.9 Å². The van der Waals surface area contributed by atoms with Crippen LogP contribution in [-0.2, 0) is 7.05 Å². The van der Waals surface area contributed by atoms with Gasteiger partial charge in [-0.25, -0.2) is 0 Å². The van der Waals surface area contributed by atoms with E-state index in [-0.39, 0.29) is 10.6 Å². The molecular formula is C17H13N3O2. The zero-order valence-corrected chi connectivity index (χ0v) is 11.9. The molecule has 0 saturated heterocycles. The van der Waals surface area contributed by atoms with Gasteiger partial charge in [-0.05, 0) is 35.9 Å². The number of aromatic nitrogens is 2. The van der Waals surface area contributed by atoms with E-state index in [0.29, 0.717) is 0 Å². The molecule has 0 spiro atoms. The first-order chi connectivity index (χ1) is 10.6. The number of nitrogens with zero attached hydrogens (tertiary/aromatic N) is 3. The lowest BCUT2D eigenvalue weighted by atomic mass is 10.1. The van der Waals surface area contributed by atoms with E-state index in [1.54, 1.807) is 12.1 Å². The van der Waals surface area contributed by atoms with Gasteiger partial charge in [0.05, 0.1) is 16.0 Å². The summed E-state index contributed by atoms with van der Waals surface area (Å²) in [6.45, 7) is 0. The van der Waals surface area contributed by atoms with E-state index in [4.69, 9.17) is 0 Å². The summed E-state index contributed by atoms with van der Waals surface area (Å²) in [6.07, 6.45) is 2.07. The lowest BCUT2D eigenvalue weighted by molar-refractivity contribution is -0.384. The second-order valence-corrected chi connectivity index (χ2v) is 5.31. The van der Waals surface area contributed by atoms with Gasteiger partial charge >= 0.3 is 0 Å². The maximum absolute atomic E-state index is 10.7. The Bertz CT molecular complexity index is 1010. The molecule has 0 bridgehead atoms. The normalized spacial score (nSPS) is 11.3. The number of aryl methyl sites for hydroxylation is 1. The first kappa shape index (κ1) is 12.6. The highest BCUT2D eigenvalue weighted by Gasteiger charge is 2.11. The number of imidazole rings is 1. The summed E-state index contributed by atoms with van der Waals surface area (Å²) >= 11 is 0. The minimum atomic E-state index is -0.381. The van der Waals surface area contributed by atoms with E-state index < -0.39 is 0 Å². The van der Waals surface area contributed by atoms with Gasteiger partial charge in [0.1, 0.15) is 5.65 Å². The average molecular weight is 291 g/mol. The highest BCUT2D eigenvalue weighted by molar-refractivity contribution is 5.84. The molecule has 0 radical (unpaired) electrons. The van der Waals surface area contributed by atoms with Gasteiger partial charge in [-0.3, -0.25) is 10.1 Å². The summed E-state index contributed by atoms with van der Waals surface area (Å²) in [7, 11) is 2.04. The van der Waals surface area contributed by atoms with Gasteiger partial charge in [0.25, 0.3) is 5.69 Å². The summed E-state index contributed by atoms with van der Waals surface area (Å²) in [5, 5.41) is 10.7. The molecule has 2 aromatic heterocycles. The van der Waals surface area contributed by atoms with E-state index >= 15 is 0 Å². The van der Waals surface area contributed by atoms with Crippen molar-refractivity contribution < 1.29 is 4.92 Å². The molecule has 4 rings (SSSR count). The molecule has 0 aliphatic heterocycles. The summed E-state index contributed by atoms with van der Waals surface area (Å²) < 4.78 is 4.29. The van der Waals surface area contributed by atoms with Crippen molar-refractivity contribution in [2.75, 3.05) is 0 Å². The Balaban J connectivity index is 1.89. The van der Waals surface area contributed by atoms with Gasteiger partial charge in [0.2, 0.25) is 0 Å². The summed E-state index contributed by atoms with van der Waals surface area (Å²) in [5.74, 6) is 0. The first-order valence-corrected chi connectivity index (χ1v) is 6.95. The Morgan fingerprint density at radius 1 is 0.955 bits per heavy atom. The molecule has 0 N–H and O–H groups in total. The highest BCUT2D eigenvalue weighted by Crippen LogP contribution is 2.28. The van der Waals surface area contributed by atoms with Gasteiger partial charge in [-0.2, -0.15) is 0 Å². The van der Waals surface area contributed by atoms with E-state index in [1.165, 1.54) is 17.6 Å². The maximum Gasteiger partial charge on any atom is 0.269 e. The predicted octanol–water partition coefficient (Wildman–Crippen LogP) is 4.01. The second kappa shape index (κ2) is 4.46. The van der Waals surface area contributed by atoms with Crippen molar-refractivity contribution in [2.24, 2.45) is 7.05 Å². The molecule has 22 heavy (non-hydrogen) atoms. The van der Waals surface area contributed by atoms with Crippen LogP contribution in [0.4, 0.5) is 5.69 Å². The molecule has 108 valence electrons. The molecule has 2 heterocycles. The zero-order chi connectivity index (χ0) is 15.3. The summed E-state index contributed by atoms with van der Waals surface area (Å²) in [6, 6.07) is 17.0. The monoisotopic (exact) mass is 291 g/mol. The van der Waals surface area contributed by atoms with Crippen LogP contribution in [0.1, 0.15) is 0 Å². The smallest absolute Gasteiger partial charge is 0.269 e. The van der Waals surface area contributed by atoms with Crippen LogP contribution < -0.4 is 0 Å². The number of hydrogen-bond donors (Lipinski definition) is 0. The van der Waals surface area contributed by atoms with Crippen LogP contribution in [0.5, 0.6) is 0 Å². The number of benzene rings is 2. The Hall–Kier alpha value is -3.08. The predicted molar refractivity (Wildman–Crippen MR) is 86.0 cm³/mol. The Labute approximate surface area is 126 Å². The number of nitro groups is 1. The van der Waals surface area contributed by atoms with E-state index in [0.717, 1.165) is 22.3 Å². The van der Waals surface area contributed by atoms with Gasteiger partial charge in [-0.15, -0.1) is 0 Å². The van der Waals surface area contributed by atoms with Crippen molar-refractivity contribution >= 4 is 22.4 Å². The number of hydrogen-bond acceptors (Lipinski definition) is 2. The van der Waals surface area contributed by atoms with Gasteiger partial charge in [0, 0.05) is 30.9 Å². The largest absolute Gasteiger partial charge is 0.329 e. The quantitative estimate of drug-likeness (QED) is 0.414. The zero-order valence-electron chi connectivity index (χ0n) is 11.9. The van der Waals surface area contributed by atoms with Crippen LogP contribution in [-0.4, -0.2) is 13.9 Å². The van der Waals surface area contributed by atoms with Crippen molar-refractivity contribution in [1.29, 1.82) is 0 Å². The molecule has 5 heteroatoms. The SMILES string of the molecule is Cn1c2ccccc2n2cc(-c3ccc([N+](=O)[O-])cc3)cc12. The Kier molecular flexibility index (Phi) is 2.56.